The standard InChI is InChI=1S/C58H41N3/c1-6-17-40(18-7-1)42-29-33-44(34-30-42)53-37-49(38-54(59-53)45-35-31-43(32-36-45)41-19-8-2-9-20-41)50-27-16-28-51-52(50)39-55(46-21-10-3-11-22-46)61-58(51)56(47-23-12-4-13-24-47)57(60-61)48-25-14-5-15-26-48/h1-39,57,60H. The Labute approximate surface area is 357 Å². The Kier molecular flexibility index (Phi) is 9.34. The number of nitrogens with one attached hydrogen (secondary N) is 1. The molecule has 8 aromatic carbocycles. The summed E-state index contributed by atoms with van der Waals surface area (Å²) in [5.41, 5.74) is 24.4. The number of pyridine rings is 1. The highest BCUT2D eigenvalue weighted by atomic mass is 15.6. The van der Waals surface area contributed by atoms with E-state index in [-0.39, 0.29) is 6.04 Å². The zero-order valence-corrected chi connectivity index (χ0v) is 33.5. The topological polar surface area (TPSA) is 28.2 Å². The molecule has 1 atom stereocenters. The second-order valence-corrected chi connectivity index (χ2v) is 15.6. The molecule has 0 radical (unpaired) electrons. The fourth-order valence-corrected chi connectivity index (χ4v) is 8.89. The molecule has 0 spiro atoms. The van der Waals surface area contributed by atoms with Crippen LogP contribution in [-0.4, -0.2) is 9.99 Å². The predicted octanol–water partition coefficient (Wildman–Crippen LogP) is 14.4. The third-order valence-corrected chi connectivity index (χ3v) is 11.9. The molecular weight excluding hydrogens is 739 g/mol. The summed E-state index contributed by atoms with van der Waals surface area (Å²) in [5, 5.41) is 2.33. The fourth-order valence-electron chi connectivity index (χ4n) is 8.89. The van der Waals surface area contributed by atoms with Gasteiger partial charge in [-0.25, -0.2) is 10.4 Å². The van der Waals surface area contributed by atoms with E-state index in [4.69, 9.17) is 4.98 Å². The van der Waals surface area contributed by atoms with Crippen LogP contribution in [0.5, 0.6) is 0 Å². The minimum Gasteiger partial charge on any atom is -0.274 e. The van der Waals surface area contributed by atoms with Crippen molar-refractivity contribution in [1.82, 2.24) is 15.4 Å². The van der Waals surface area contributed by atoms with Crippen molar-refractivity contribution in [3.05, 3.63) is 258 Å². The lowest BCUT2D eigenvalue weighted by molar-refractivity contribution is 0.405. The molecule has 0 saturated carbocycles. The van der Waals surface area contributed by atoms with Crippen LogP contribution in [0.25, 0.3) is 78.9 Å². The van der Waals surface area contributed by atoms with Crippen LogP contribution in [0.1, 0.15) is 33.9 Å². The summed E-state index contributed by atoms with van der Waals surface area (Å²) >= 11 is 0. The highest BCUT2D eigenvalue weighted by Gasteiger charge is 2.39. The Bertz CT molecular complexity index is 2950. The molecule has 0 amide bonds. The minimum atomic E-state index is -0.0582. The lowest BCUT2D eigenvalue weighted by atomic mass is 9.85. The van der Waals surface area contributed by atoms with E-state index in [0.717, 1.165) is 44.9 Å². The molecule has 3 heterocycles. The van der Waals surface area contributed by atoms with Gasteiger partial charge in [0.15, 0.2) is 0 Å². The number of hydrogen-bond acceptors (Lipinski definition) is 3. The number of hydrogen-bond donors (Lipinski definition) is 1. The normalized spacial score (nSPS) is 14.3. The van der Waals surface area contributed by atoms with Crippen LogP contribution in [0.3, 0.4) is 0 Å². The van der Waals surface area contributed by atoms with Gasteiger partial charge in [0.05, 0.1) is 28.8 Å². The van der Waals surface area contributed by atoms with E-state index in [0.29, 0.717) is 0 Å². The van der Waals surface area contributed by atoms with Crippen molar-refractivity contribution in [2.75, 3.05) is 0 Å². The highest BCUT2D eigenvalue weighted by Crippen LogP contribution is 2.51. The molecule has 2 aliphatic rings. The van der Waals surface area contributed by atoms with Gasteiger partial charge in [0.1, 0.15) is 0 Å². The van der Waals surface area contributed by atoms with Gasteiger partial charge >= 0.3 is 0 Å². The maximum Gasteiger partial charge on any atom is 0.0793 e. The van der Waals surface area contributed by atoms with Crippen LogP contribution in [0.2, 0.25) is 0 Å². The first-order valence-electron chi connectivity index (χ1n) is 20.9. The second kappa shape index (κ2) is 15.7. The van der Waals surface area contributed by atoms with Gasteiger partial charge in [-0.1, -0.05) is 218 Å². The zero-order chi connectivity index (χ0) is 40.5. The molecule has 0 fully saturated rings. The van der Waals surface area contributed by atoms with Crippen molar-refractivity contribution in [3.63, 3.8) is 0 Å². The number of fused-ring (bicyclic) bond motifs is 3. The quantitative estimate of drug-likeness (QED) is 0.166. The van der Waals surface area contributed by atoms with Gasteiger partial charge in [-0.05, 0) is 73.8 Å². The van der Waals surface area contributed by atoms with Gasteiger partial charge in [0, 0.05) is 22.3 Å². The van der Waals surface area contributed by atoms with Gasteiger partial charge in [-0.3, -0.25) is 5.01 Å². The molecule has 9 aromatic rings. The van der Waals surface area contributed by atoms with Crippen LogP contribution < -0.4 is 5.43 Å². The SMILES string of the molecule is C1=C(c2ccccc2)N2NC(c3ccccc3)C(c3ccccc3)=C2c2cccc(-c3cc(-c4ccc(-c5ccccc5)cc4)nc(-c4ccc(-c5ccccc5)cc4)c3)c21. The Morgan fingerprint density at radius 1 is 0.361 bits per heavy atom. The van der Waals surface area contributed by atoms with Crippen molar-refractivity contribution >= 4 is 23.0 Å². The lowest BCUT2D eigenvalue weighted by Gasteiger charge is -2.32. The molecule has 0 aliphatic carbocycles. The predicted molar refractivity (Wildman–Crippen MR) is 253 cm³/mol. The van der Waals surface area contributed by atoms with Crippen molar-refractivity contribution in [2.24, 2.45) is 0 Å². The monoisotopic (exact) mass is 779 g/mol. The van der Waals surface area contributed by atoms with E-state index in [1.165, 1.54) is 55.8 Å². The molecule has 3 heteroatoms. The van der Waals surface area contributed by atoms with Crippen LogP contribution in [0.15, 0.2) is 231 Å². The Hall–Kier alpha value is -7.85. The number of aromatic nitrogens is 1. The maximum absolute atomic E-state index is 5.38. The number of benzene rings is 8. The van der Waals surface area contributed by atoms with E-state index in [9.17, 15) is 0 Å². The van der Waals surface area contributed by atoms with Crippen LogP contribution in [0.4, 0.5) is 0 Å². The summed E-state index contributed by atoms with van der Waals surface area (Å²) in [6, 6.07) is 82.3. The Morgan fingerprint density at radius 2 is 0.787 bits per heavy atom. The summed E-state index contributed by atoms with van der Waals surface area (Å²) in [7, 11) is 0. The Morgan fingerprint density at radius 3 is 1.31 bits per heavy atom. The highest BCUT2D eigenvalue weighted by molar-refractivity contribution is 6.07. The summed E-state index contributed by atoms with van der Waals surface area (Å²) in [6.45, 7) is 0. The van der Waals surface area contributed by atoms with Gasteiger partial charge in [-0.15, -0.1) is 0 Å². The van der Waals surface area contributed by atoms with E-state index < -0.39 is 0 Å². The number of nitrogens with zero attached hydrogens (tertiary/aromatic N) is 2. The van der Waals surface area contributed by atoms with E-state index in [1.54, 1.807) is 0 Å². The molecule has 1 N–H and O–H groups in total. The third-order valence-electron chi connectivity index (χ3n) is 11.9. The molecule has 11 rings (SSSR count). The minimum absolute atomic E-state index is 0.0582. The van der Waals surface area contributed by atoms with Gasteiger partial charge < -0.3 is 0 Å². The van der Waals surface area contributed by atoms with E-state index in [2.05, 4.69) is 247 Å². The molecular formula is C58H41N3. The first-order valence-corrected chi connectivity index (χ1v) is 20.9. The van der Waals surface area contributed by atoms with E-state index >= 15 is 0 Å². The molecule has 2 aliphatic heterocycles. The summed E-state index contributed by atoms with van der Waals surface area (Å²) in [4.78, 5) is 5.38. The van der Waals surface area contributed by atoms with Crippen molar-refractivity contribution in [1.29, 1.82) is 0 Å². The van der Waals surface area contributed by atoms with Crippen molar-refractivity contribution in [2.45, 2.75) is 6.04 Å². The lowest BCUT2D eigenvalue weighted by Crippen LogP contribution is -2.33. The molecule has 288 valence electrons. The van der Waals surface area contributed by atoms with Crippen LogP contribution in [-0.2, 0) is 0 Å². The summed E-state index contributed by atoms with van der Waals surface area (Å²) in [5.74, 6) is 0. The maximum atomic E-state index is 5.38. The summed E-state index contributed by atoms with van der Waals surface area (Å²) in [6.07, 6.45) is 2.37. The van der Waals surface area contributed by atoms with Gasteiger partial charge in [0.2, 0.25) is 0 Å². The largest absolute Gasteiger partial charge is 0.274 e. The smallest absolute Gasteiger partial charge is 0.0793 e. The number of hydrazine groups is 1. The fraction of sp³-hybridized carbons (Fsp3) is 0.0172. The van der Waals surface area contributed by atoms with Crippen LogP contribution >= 0.6 is 0 Å². The third kappa shape index (κ3) is 6.87. The van der Waals surface area contributed by atoms with Crippen molar-refractivity contribution < 1.29 is 0 Å². The van der Waals surface area contributed by atoms with Crippen molar-refractivity contribution in [3.8, 4) is 55.9 Å². The molecule has 0 bridgehead atoms. The molecule has 0 saturated heterocycles. The average molecular weight is 780 g/mol. The first kappa shape index (κ1) is 36.2. The molecule has 61 heavy (non-hydrogen) atoms. The molecule has 3 nitrogen and oxygen atoms in total. The number of rotatable bonds is 8. The summed E-state index contributed by atoms with van der Waals surface area (Å²) < 4.78 is 0. The Balaban J connectivity index is 1.12. The van der Waals surface area contributed by atoms with Gasteiger partial charge in [-0.2, -0.15) is 0 Å². The van der Waals surface area contributed by atoms with Gasteiger partial charge in [0.25, 0.3) is 0 Å². The second-order valence-electron chi connectivity index (χ2n) is 15.6. The first-order chi connectivity index (χ1) is 30.2. The molecule has 1 unspecified atom stereocenters. The van der Waals surface area contributed by atoms with E-state index in [1.807, 2.05) is 0 Å². The zero-order valence-electron chi connectivity index (χ0n) is 33.5. The molecule has 1 aromatic heterocycles. The average Bonchev–Trinajstić information content (AvgIpc) is 3.76. The van der Waals surface area contributed by atoms with Crippen LogP contribution in [0, 0.1) is 0 Å².